The summed E-state index contributed by atoms with van der Waals surface area (Å²) in [7, 11) is 0. The Morgan fingerprint density at radius 3 is 2.70 bits per heavy atom. The zero-order valence-electron chi connectivity index (χ0n) is 13.5. The second kappa shape index (κ2) is 7.31. The first kappa shape index (κ1) is 16.9. The summed E-state index contributed by atoms with van der Waals surface area (Å²) < 4.78 is 14.8. The highest BCUT2D eigenvalue weighted by Gasteiger charge is 2.34. The van der Waals surface area contributed by atoms with E-state index < -0.39 is 0 Å². The van der Waals surface area contributed by atoms with E-state index in [2.05, 4.69) is 21.2 Å². The number of hydrogen-bond donors (Lipinski definition) is 1. The Bertz CT molecular complexity index is 568. The van der Waals surface area contributed by atoms with Crippen LogP contribution in [0.4, 0.5) is 4.39 Å². The SMILES string of the molecule is CCN(Cc1cc(Br)ccc1F)C(=O)CC1CC2CCC(C1)N2. The summed E-state index contributed by atoms with van der Waals surface area (Å²) in [5.41, 5.74) is 0.569. The molecule has 126 valence electrons. The molecule has 2 bridgehead atoms. The van der Waals surface area contributed by atoms with Gasteiger partial charge in [0.2, 0.25) is 5.91 Å². The van der Waals surface area contributed by atoms with Crippen LogP contribution in [-0.2, 0) is 11.3 Å². The van der Waals surface area contributed by atoms with E-state index in [-0.39, 0.29) is 11.7 Å². The molecular formula is C18H24BrFN2O. The number of amides is 1. The van der Waals surface area contributed by atoms with E-state index in [9.17, 15) is 9.18 Å². The first-order valence-electron chi connectivity index (χ1n) is 8.53. The summed E-state index contributed by atoms with van der Waals surface area (Å²) in [5.74, 6) is 0.375. The summed E-state index contributed by atoms with van der Waals surface area (Å²) >= 11 is 3.37. The van der Waals surface area contributed by atoms with Crippen LogP contribution in [-0.4, -0.2) is 29.4 Å². The standard InChI is InChI=1S/C18H24BrFN2O/c1-2-22(11-13-10-14(19)3-6-17(13)20)18(23)9-12-7-15-4-5-16(8-12)21-15/h3,6,10,12,15-16,21H,2,4-5,7-9,11H2,1H3. The Balaban J connectivity index is 1.61. The smallest absolute Gasteiger partial charge is 0.223 e. The number of nitrogens with one attached hydrogen (secondary N) is 1. The average molecular weight is 383 g/mol. The zero-order chi connectivity index (χ0) is 16.4. The molecule has 2 aliphatic rings. The molecule has 2 fully saturated rings. The molecule has 2 aliphatic heterocycles. The van der Waals surface area contributed by atoms with Gasteiger partial charge in [-0.2, -0.15) is 0 Å². The van der Waals surface area contributed by atoms with E-state index >= 15 is 0 Å². The lowest BCUT2D eigenvalue weighted by atomic mass is 9.89. The van der Waals surface area contributed by atoms with Crippen molar-refractivity contribution in [3.05, 3.63) is 34.1 Å². The van der Waals surface area contributed by atoms with Crippen LogP contribution in [0.1, 0.15) is 44.6 Å². The summed E-state index contributed by atoms with van der Waals surface area (Å²) in [4.78, 5) is 14.4. The lowest BCUT2D eigenvalue weighted by Gasteiger charge is -2.30. The molecule has 0 aliphatic carbocycles. The highest BCUT2D eigenvalue weighted by Crippen LogP contribution is 2.33. The van der Waals surface area contributed by atoms with Gasteiger partial charge in [-0.05, 0) is 56.7 Å². The minimum atomic E-state index is -0.251. The number of carbonyl (C=O) groups is 1. The Morgan fingerprint density at radius 2 is 2.04 bits per heavy atom. The molecular weight excluding hydrogens is 359 g/mol. The fraction of sp³-hybridized carbons (Fsp3) is 0.611. The largest absolute Gasteiger partial charge is 0.339 e. The van der Waals surface area contributed by atoms with Crippen LogP contribution in [0, 0.1) is 11.7 Å². The van der Waals surface area contributed by atoms with Crippen molar-refractivity contribution in [1.29, 1.82) is 0 Å². The highest BCUT2D eigenvalue weighted by molar-refractivity contribution is 9.10. The normalized spacial score (nSPS) is 26.3. The quantitative estimate of drug-likeness (QED) is 0.838. The average Bonchev–Trinajstić information content (AvgIpc) is 2.86. The molecule has 2 saturated heterocycles. The van der Waals surface area contributed by atoms with Crippen molar-refractivity contribution in [3.63, 3.8) is 0 Å². The van der Waals surface area contributed by atoms with Gasteiger partial charge in [-0.25, -0.2) is 4.39 Å². The first-order valence-corrected chi connectivity index (χ1v) is 9.32. The van der Waals surface area contributed by atoms with E-state index in [4.69, 9.17) is 0 Å². The lowest BCUT2D eigenvalue weighted by molar-refractivity contribution is -0.132. The van der Waals surface area contributed by atoms with E-state index in [1.165, 1.54) is 18.9 Å². The van der Waals surface area contributed by atoms with Gasteiger partial charge < -0.3 is 10.2 Å². The molecule has 0 spiro atoms. The number of nitrogens with zero attached hydrogens (tertiary/aromatic N) is 1. The molecule has 2 heterocycles. The minimum Gasteiger partial charge on any atom is -0.339 e. The third-order valence-electron chi connectivity index (χ3n) is 5.14. The number of benzene rings is 1. The van der Waals surface area contributed by atoms with Crippen LogP contribution >= 0.6 is 15.9 Å². The molecule has 2 unspecified atom stereocenters. The summed E-state index contributed by atoms with van der Waals surface area (Å²) in [6.45, 7) is 2.92. The van der Waals surface area contributed by atoms with Crippen LogP contribution in [0.25, 0.3) is 0 Å². The zero-order valence-corrected chi connectivity index (χ0v) is 15.1. The van der Waals surface area contributed by atoms with Gasteiger partial charge in [0.15, 0.2) is 0 Å². The number of hydrogen-bond acceptors (Lipinski definition) is 2. The molecule has 23 heavy (non-hydrogen) atoms. The molecule has 1 amide bonds. The van der Waals surface area contributed by atoms with Crippen molar-refractivity contribution in [2.45, 2.75) is 57.7 Å². The Morgan fingerprint density at radius 1 is 1.35 bits per heavy atom. The van der Waals surface area contributed by atoms with Crippen LogP contribution in [0.3, 0.4) is 0 Å². The van der Waals surface area contributed by atoms with Crippen molar-refractivity contribution in [2.24, 2.45) is 5.92 Å². The maximum absolute atomic E-state index is 13.9. The topological polar surface area (TPSA) is 32.3 Å². The minimum absolute atomic E-state index is 0.151. The van der Waals surface area contributed by atoms with Gasteiger partial charge in [-0.15, -0.1) is 0 Å². The molecule has 1 aromatic carbocycles. The van der Waals surface area contributed by atoms with Crippen LogP contribution in [0.15, 0.2) is 22.7 Å². The first-order chi connectivity index (χ1) is 11.0. The van der Waals surface area contributed by atoms with E-state index in [1.54, 1.807) is 17.0 Å². The number of fused-ring (bicyclic) bond motifs is 2. The predicted octanol–water partition coefficient (Wildman–Crippen LogP) is 3.86. The van der Waals surface area contributed by atoms with Gasteiger partial charge >= 0.3 is 0 Å². The second-order valence-electron chi connectivity index (χ2n) is 6.82. The fourth-order valence-electron chi connectivity index (χ4n) is 3.96. The summed E-state index contributed by atoms with van der Waals surface area (Å²) in [5, 5.41) is 3.61. The molecule has 0 aromatic heterocycles. The number of halogens is 2. The summed E-state index contributed by atoms with van der Waals surface area (Å²) in [6, 6.07) is 6.09. The number of carbonyl (C=O) groups excluding carboxylic acids is 1. The van der Waals surface area contributed by atoms with Gasteiger partial charge in [0, 0.05) is 41.6 Å². The van der Waals surface area contributed by atoms with Crippen LogP contribution in [0.2, 0.25) is 0 Å². The molecule has 1 aromatic rings. The Hall–Kier alpha value is -0.940. The van der Waals surface area contributed by atoms with Crippen LogP contribution in [0.5, 0.6) is 0 Å². The van der Waals surface area contributed by atoms with Crippen LogP contribution < -0.4 is 5.32 Å². The monoisotopic (exact) mass is 382 g/mol. The number of rotatable bonds is 5. The molecule has 0 radical (unpaired) electrons. The summed E-state index contributed by atoms with van der Waals surface area (Å²) in [6.07, 6.45) is 5.29. The van der Waals surface area contributed by atoms with E-state index in [1.807, 2.05) is 6.92 Å². The Labute approximate surface area is 145 Å². The maximum Gasteiger partial charge on any atom is 0.223 e. The van der Waals surface area contributed by atoms with Gasteiger partial charge in [-0.1, -0.05) is 15.9 Å². The molecule has 5 heteroatoms. The third kappa shape index (κ3) is 4.13. The third-order valence-corrected chi connectivity index (χ3v) is 5.63. The highest BCUT2D eigenvalue weighted by atomic mass is 79.9. The van der Waals surface area contributed by atoms with Crippen molar-refractivity contribution in [2.75, 3.05) is 6.54 Å². The molecule has 2 atom stereocenters. The predicted molar refractivity (Wildman–Crippen MR) is 92.5 cm³/mol. The number of piperidine rings is 1. The van der Waals surface area contributed by atoms with Gasteiger partial charge in [0.1, 0.15) is 5.82 Å². The fourth-order valence-corrected chi connectivity index (χ4v) is 4.37. The van der Waals surface area contributed by atoms with Crippen molar-refractivity contribution in [1.82, 2.24) is 10.2 Å². The van der Waals surface area contributed by atoms with Crippen molar-refractivity contribution >= 4 is 21.8 Å². The van der Waals surface area contributed by atoms with Crippen molar-refractivity contribution < 1.29 is 9.18 Å². The molecule has 0 saturated carbocycles. The maximum atomic E-state index is 13.9. The molecule has 3 nitrogen and oxygen atoms in total. The van der Waals surface area contributed by atoms with Gasteiger partial charge in [-0.3, -0.25) is 4.79 Å². The van der Waals surface area contributed by atoms with Gasteiger partial charge in [0.25, 0.3) is 0 Å². The molecule has 3 rings (SSSR count). The lowest BCUT2D eigenvalue weighted by Crippen LogP contribution is -2.40. The van der Waals surface area contributed by atoms with Gasteiger partial charge in [0.05, 0.1) is 0 Å². The van der Waals surface area contributed by atoms with Crippen molar-refractivity contribution in [3.8, 4) is 0 Å². The van der Waals surface area contributed by atoms with E-state index in [0.717, 1.165) is 17.3 Å². The molecule has 1 N–H and O–H groups in total. The second-order valence-corrected chi connectivity index (χ2v) is 7.74. The Kier molecular flexibility index (Phi) is 5.37. The van der Waals surface area contributed by atoms with E-state index in [0.29, 0.717) is 43.1 Å².